The maximum atomic E-state index is 11.2. The number of imidazole rings is 1. The molecule has 2 aromatic heterocycles. The number of fused-ring (bicyclic) bond motifs is 1. The van der Waals surface area contributed by atoms with Gasteiger partial charge >= 0.3 is 5.97 Å². The lowest BCUT2D eigenvalue weighted by molar-refractivity contribution is -0.170. The van der Waals surface area contributed by atoms with Crippen LogP contribution in [0.25, 0.3) is 22.4 Å². The molecule has 3 aromatic rings. The lowest BCUT2D eigenvalue weighted by Crippen LogP contribution is -2.48. The summed E-state index contributed by atoms with van der Waals surface area (Å²) in [5, 5.41) is 9.24. The molecule has 5 rings (SSSR count). The fraction of sp³-hybridized carbons (Fsp3) is 0.480. The quantitative estimate of drug-likeness (QED) is 0.596. The summed E-state index contributed by atoms with van der Waals surface area (Å²) < 4.78 is 6.15. The molecule has 0 radical (unpaired) electrons. The Morgan fingerprint density at radius 2 is 1.94 bits per heavy atom. The van der Waals surface area contributed by atoms with Gasteiger partial charge in [-0.3, -0.25) is 4.79 Å². The monoisotopic (exact) mass is 436 g/mol. The number of nitrogens with one attached hydrogen (secondary N) is 1. The smallest absolute Gasteiger partial charge is 0.309 e. The summed E-state index contributed by atoms with van der Waals surface area (Å²) >= 11 is 0. The van der Waals surface area contributed by atoms with Crippen LogP contribution in [0, 0.1) is 12.3 Å². The molecule has 1 aliphatic carbocycles. The fourth-order valence-corrected chi connectivity index (χ4v) is 4.68. The van der Waals surface area contributed by atoms with Crippen LogP contribution in [0.2, 0.25) is 0 Å². The van der Waals surface area contributed by atoms with Gasteiger partial charge in [0.15, 0.2) is 0 Å². The molecule has 32 heavy (non-hydrogen) atoms. The molecular weight excluding hydrogens is 404 g/mol. The number of nitrogens with zero attached hydrogens (tertiary/aromatic N) is 3. The molecule has 7 nitrogen and oxygen atoms in total. The SMILES string of the molecule is C.Cc1ccc2nc(-c3ccc(N4CCC(OC5CC(C)(C(=O)O)C5)CC4)nc3)[nH]c2c1. The first kappa shape index (κ1) is 22.3. The lowest BCUT2D eigenvalue weighted by atomic mass is 9.68. The van der Waals surface area contributed by atoms with Crippen molar-refractivity contribution in [3.63, 3.8) is 0 Å². The molecule has 1 aliphatic heterocycles. The summed E-state index contributed by atoms with van der Waals surface area (Å²) in [7, 11) is 0. The maximum absolute atomic E-state index is 11.2. The minimum Gasteiger partial charge on any atom is -0.481 e. The van der Waals surface area contributed by atoms with E-state index < -0.39 is 11.4 Å². The number of carboxylic acid groups (broad SMARTS) is 1. The number of anilines is 1. The van der Waals surface area contributed by atoms with Crippen molar-refractivity contribution in [2.45, 2.75) is 59.2 Å². The largest absolute Gasteiger partial charge is 0.481 e. The Morgan fingerprint density at radius 1 is 1.19 bits per heavy atom. The zero-order chi connectivity index (χ0) is 21.6. The number of piperidine rings is 1. The zero-order valence-corrected chi connectivity index (χ0v) is 18.0. The summed E-state index contributed by atoms with van der Waals surface area (Å²) in [6.07, 6.45) is 5.28. The number of aromatic amines is 1. The number of aryl methyl sites for hydroxylation is 1. The second kappa shape index (κ2) is 8.54. The van der Waals surface area contributed by atoms with Crippen molar-refractivity contribution in [2.24, 2.45) is 5.41 Å². The predicted molar refractivity (Wildman–Crippen MR) is 126 cm³/mol. The van der Waals surface area contributed by atoms with Gasteiger partial charge in [0.2, 0.25) is 0 Å². The second-order valence-corrected chi connectivity index (χ2v) is 9.23. The van der Waals surface area contributed by atoms with Crippen LogP contribution in [-0.4, -0.2) is 51.3 Å². The second-order valence-electron chi connectivity index (χ2n) is 9.23. The van der Waals surface area contributed by atoms with Crippen molar-refractivity contribution in [3.05, 3.63) is 42.1 Å². The van der Waals surface area contributed by atoms with Crippen molar-refractivity contribution in [3.8, 4) is 11.4 Å². The summed E-state index contributed by atoms with van der Waals surface area (Å²) in [4.78, 5) is 26.3. The molecule has 3 heterocycles. The normalized spacial score (nSPS) is 23.6. The van der Waals surface area contributed by atoms with Gasteiger partial charge in [-0.1, -0.05) is 13.5 Å². The maximum Gasteiger partial charge on any atom is 0.309 e. The Balaban J connectivity index is 0.00000245. The van der Waals surface area contributed by atoms with Crippen molar-refractivity contribution in [1.29, 1.82) is 0 Å². The molecule has 2 fully saturated rings. The van der Waals surface area contributed by atoms with Crippen LogP contribution in [0.15, 0.2) is 36.5 Å². The Morgan fingerprint density at radius 3 is 2.59 bits per heavy atom. The van der Waals surface area contributed by atoms with Crippen LogP contribution in [-0.2, 0) is 9.53 Å². The zero-order valence-electron chi connectivity index (χ0n) is 18.0. The number of aromatic nitrogens is 3. The number of carboxylic acids is 1. The topological polar surface area (TPSA) is 91.3 Å². The van der Waals surface area contributed by atoms with E-state index in [1.807, 2.05) is 12.3 Å². The third kappa shape index (κ3) is 4.21. The van der Waals surface area contributed by atoms with E-state index in [-0.39, 0.29) is 19.6 Å². The average Bonchev–Trinajstić information content (AvgIpc) is 3.16. The van der Waals surface area contributed by atoms with E-state index in [9.17, 15) is 9.90 Å². The number of rotatable bonds is 5. The fourth-order valence-electron chi connectivity index (χ4n) is 4.68. The molecule has 0 amide bonds. The molecule has 7 heteroatoms. The summed E-state index contributed by atoms with van der Waals surface area (Å²) in [6, 6.07) is 10.3. The van der Waals surface area contributed by atoms with Gasteiger partial charge in [0, 0.05) is 24.8 Å². The number of aliphatic carboxylic acids is 1. The molecule has 170 valence electrons. The van der Waals surface area contributed by atoms with Crippen molar-refractivity contribution >= 4 is 22.8 Å². The number of hydrogen-bond donors (Lipinski definition) is 2. The van der Waals surface area contributed by atoms with E-state index in [0.29, 0.717) is 12.8 Å². The lowest BCUT2D eigenvalue weighted by Gasteiger charge is -2.44. The van der Waals surface area contributed by atoms with Crippen molar-refractivity contribution < 1.29 is 14.6 Å². The van der Waals surface area contributed by atoms with E-state index in [1.54, 1.807) is 6.92 Å². The molecule has 2 aliphatic rings. The molecule has 0 unspecified atom stereocenters. The van der Waals surface area contributed by atoms with E-state index in [0.717, 1.165) is 54.2 Å². The molecule has 0 bridgehead atoms. The van der Waals surface area contributed by atoms with E-state index in [4.69, 9.17) is 4.74 Å². The third-order valence-corrected chi connectivity index (χ3v) is 6.68. The van der Waals surface area contributed by atoms with Crippen LogP contribution < -0.4 is 4.90 Å². The molecule has 1 saturated carbocycles. The number of benzene rings is 1. The number of H-pyrrole nitrogens is 1. The highest BCUT2D eigenvalue weighted by molar-refractivity contribution is 5.80. The highest BCUT2D eigenvalue weighted by Crippen LogP contribution is 2.43. The van der Waals surface area contributed by atoms with Crippen molar-refractivity contribution in [2.75, 3.05) is 18.0 Å². The van der Waals surface area contributed by atoms with Gasteiger partial charge in [-0.05, 0) is 69.4 Å². The number of hydrogen-bond acceptors (Lipinski definition) is 5. The van der Waals surface area contributed by atoms with E-state index in [1.165, 1.54) is 5.56 Å². The first-order valence-corrected chi connectivity index (χ1v) is 11.0. The minimum atomic E-state index is -0.713. The molecule has 0 atom stereocenters. The number of carbonyl (C=O) groups is 1. The van der Waals surface area contributed by atoms with Crippen molar-refractivity contribution in [1.82, 2.24) is 15.0 Å². The first-order chi connectivity index (χ1) is 14.9. The van der Waals surface area contributed by atoms with Crippen LogP contribution in [0.4, 0.5) is 5.82 Å². The summed E-state index contributed by atoms with van der Waals surface area (Å²) in [5.74, 6) is 1.09. The number of ether oxygens (including phenoxy) is 1. The molecule has 1 saturated heterocycles. The molecule has 2 N–H and O–H groups in total. The summed E-state index contributed by atoms with van der Waals surface area (Å²) in [6.45, 7) is 5.66. The Labute approximate surface area is 188 Å². The Bertz CT molecular complexity index is 1090. The highest BCUT2D eigenvalue weighted by atomic mass is 16.5. The van der Waals surface area contributed by atoms with Gasteiger partial charge in [-0.25, -0.2) is 9.97 Å². The van der Waals surface area contributed by atoms with Gasteiger partial charge in [0.25, 0.3) is 0 Å². The number of pyridine rings is 1. The van der Waals surface area contributed by atoms with Crippen LogP contribution in [0.5, 0.6) is 0 Å². The Hall–Kier alpha value is -2.93. The molecular formula is C25H32N4O3. The van der Waals surface area contributed by atoms with Gasteiger partial charge < -0.3 is 19.7 Å². The average molecular weight is 437 g/mol. The standard InChI is InChI=1S/C24H28N4O3.CH4/c1-15-3-5-19-20(11-15)27-22(26-19)16-4-6-21(25-14-16)28-9-7-17(8-10-28)31-18-12-24(2,13-18)23(29)30;/h3-6,11,14,17-18H,7-10,12-13H2,1-2H3,(H,26,27)(H,29,30);1H4. The summed E-state index contributed by atoms with van der Waals surface area (Å²) in [5.41, 5.74) is 3.58. The van der Waals surface area contributed by atoms with Crippen LogP contribution >= 0.6 is 0 Å². The van der Waals surface area contributed by atoms with Gasteiger partial charge in [-0.15, -0.1) is 0 Å². The van der Waals surface area contributed by atoms with Crippen LogP contribution in [0.3, 0.4) is 0 Å². The molecule has 1 aromatic carbocycles. The first-order valence-electron chi connectivity index (χ1n) is 11.0. The highest BCUT2D eigenvalue weighted by Gasteiger charge is 2.47. The van der Waals surface area contributed by atoms with Crippen LogP contribution in [0.1, 0.15) is 45.6 Å². The van der Waals surface area contributed by atoms with Gasteiger partial charge in [-0.2, -0.15) is 0 Å². The van der Waals surface area contributed by atoms with Gasteiger partial charge in [0.05, 0.1) is 28.7 Å². The van der Waals surface area contributed by atoms with Gasteiger partial charge in [0.1, 0.15) is 11.6 Å². The minimum absolute atomic E-state index is 0. The molecule has 0 spiro atoms. The van der Waals surface area contributed by atoms with E-state index in [2.05, 4.69) is 51.0 Å². The third-order valence-electron chi connectivity index (χ3n) is 6.68. The van der Waals surface area contributed by atoms with E-state index >= 15 is 0 Å². The Kier molecular flexibility index (Phi) is 5.95. The predicted octanol–water partition coefficient (Wildman–Crippen LogP) is 4.81.